The molecule has 0 spiro atoms. The Labute approximate surface area is 260 Å². The fourth-order valence-electron chi connectivity index (χ4n) is 7.08. The Morgan fingerprint density at radius 1 is 1.30 bits per heavy atom. The molecule has 5 saturated heterocycles. The van der Waals surface area contributed by atoms with Gasteiger partial charge >= 0.3 is 6.01 Å². The lowest BCUT2D eigenvalue weighted by Gasteiger charge is -2.46. The Hall–Kier alpha value is -4.14. The van der Waals surface area contributed by atoms with Crippen molar-refractivity contribution in [1.29, 1.82) is 0 Å². The zero-order valence-electron chi connectivity index (χ0n) is 29.4. The number of ether oxygens (including phenoxy) is 1. The maximum absolute atomic E-state index is 17.0. The van der Waals surface area contributed by atoms with Gasteiger partial charge < -0.3 is 20.1 Å². The van der Waals surface area contributed by atoms with Crippen LogP contribution in [0.4, 0.5) is 19.0 Å². The molecule has 2 N–H and O–H groups in total. The van der Waals surface area contributed by atoms with E-state index in [1.807, 2.05) is 11.3 Å². The normalized spacial score (nSPS) is 31.4. The van der Waals surface area contributed by atoms with E-state index in [0.29, 0.717) is 18.5 Å². The second-order valence-electron chi connectivity index (χ2n) is 11.8. The molecule has 11 heteroatoms. The predicted molar refractivity (Wildman–Crippen MR) is 160 cm³/mol. The van der Waals surface area contributed by atoms with Crippen LogP contribution >= 0.6 is 0 Å². The van der Waals surface area contributed by atoms with Crippen molar-refractivity contribution in [3.05, 3.63) is 47.7 Å². The zero-order chi connectivity index (χ0) is 35.4. The molecule has 9 rings (SSSR count). The fourth-order valence-corrected chi connectivity index (χ4v) is 7.08. The summed E-state index contributed by atoms with van der Waals surface area (Å²) in [4.78, 5) is 16.3. The number of fused-ring (bicyclic) bond motifs is 6. The molecule has 0 saturated carbocycles. The van der Waals surface area contributed by atoms with Crippen LogP contribution in [0, 0.1) is 24.0 Å². The lowest BCUT2D eigenvalue weighted by molar-refractivity contribution is 0.107. The number of hydrogen-bond donors (Lipinski definition) is 2. The number of aromatic nitrogens is 3. The Morgan fingerprint density at radius 2 is 2.20 bits per heavy atom. The van der Waals surface area contributed by atoms with E-state index in [1.54, 1.807) is 0 Å². The first kappa shape index (κ1) is 21.5. The van der Waals surface area contributed by atoms with Crippen LogP contribution < -0.4 is 15.0 Å². The number of halogens is 3. The number of benzene rings is 2. The zero-order valence-corrected chi connectivity index (χ0v) is 23.4. The van der Waals surface area contributed by atoms with E-state index >= 15 is 13.2 Å². The molecule has 4 aromatic rings. The topological polar surface area (TPSA) is 86.6 Å². The average Bonchev–Trinajstić information content (AvgIpc) is 3.51. The first-order valence-corrected chi connectivity index (χ1v) is 14.5. The quantitative estimate of drug-likeness (QED) is 0.316. The summed E-state index contributed by atoms with van der Waals surface area (Å²) in [7, 11) is 0. The number of phenolic OH excluding ortho intramolecular Hbond substituents is 1. The maximum Gasteiger partial charge on any atom is 0.319 e. The van der Waals surface area contributed by atoms with E-state index in [9.17, 15) is 5.11 Å². The van der Waals surface area contributed by atoms with Crippen LogP contribution in [0.3, 0.4) is 0 Å². The summed E-state index contributed by atoms with van der Waals surface area (Å²) < 4.78 is 103. The van der Waals surface area contributed by atoms with Crippen LogP contribution in [0.15, 0.2) is 30.5 Å². The van der Waals surface area contributed by atoms with Crippen LogP contribution in [0.25, 0.3) is 32.9 Å². The van der Waals surface area contributed by atoms with Gasteiger partial charge in [-0.15, -0.1) is 6.40 Å². The molecule has 44 heavy (non-hydrogen) atoms. The Kier molecular flexibility index (Phi) is 5.00. The van der Waals surface area contributed by atoms with Gasteiger partial charge in [-0.3, -0.25) is 9.88 Å². The maximum atomic E-state index is 17.0. The summed E-state index contributed by atoms with van der Waals surface area (Å²) in [6, 6.07) is 4.55. The third-order valence-electron chi connectivity index (χ3n) is 9.20. The molecule has 7 heterocycles. The van der Waals surface area contributed by atoms with E-state index in [0.717, 1.165) is 23.8 Å². The fraction of sp³-hybridized carbons (Fsp3) is 0.424. The van der Waals surface area contributed by atoms with Gasteiger partial charge in [0.25, 0.3) is 0 Å². The van der Waals surface area contributed by atoms with Gasteiger partial charge in [0.2, 0.25) is 0 Å². The van der Waals surface area contributed by atoms with Crippen molar-refractivity contribution < 1.29 is 31.2 Å². The second kappa shape index (κ2) is 10.2. The minimum atomic E-state index is -2.83. The molecule has 5 aliphatic rings. The van der Waals surface area contributed by atoms with Gasteiger partial charge in [-0.25, -0.2) is 13.2 Å². The van der Waals surface area contributed by atoms with Gasteiger partial charge in [-0.2, -0.15) is 9.97 Å². The number of alkyl halides is 1. The molecule has 0 radical (unpaired) electrons. The molecule has 5 fully saturated rings. The van der Waals surface area contributed by atoms with E-state index in [-0.39, 0.29) is 69.6 Å². The van der Waals surface area contributed by atoms with Crippen LogP contribution in [0.5, 0.6) is 11.8 Å². The highest BCUT2D eigenvalue weighted by atomic mass is 19.1. The summed E-state index contributed by atoms with van der Waals surface area (Å²) >= 11 is 0. The third-order valence-corrected chi connectivity index (χ3v) is 9.20. The molecule has 2 bridgehead atoms. The lowest BCUT2D eigenvalue weighted by atomic mass is 9.92. The molecule has 2 unspecified atom stereocenters. The Bertz CT molecular complexity index is 2140. The van der Waals surface area contributed by atoms with Crippen LogP contribution in [-0.2, 0) is 0 Å². The van der Waals surface area contributed by atoms with Gasteiger partial charge in [0.1, 0.15) is 42.7 Å². The molecule has 8 nitrogen and oxygen atoms in total. The number of rotatable bonds is 5. The monoisotopic (exact) mass is 606 g/mol. The van der Waals surface area contributed by atoms with Crippen molar-refractivity contribution in [2.24, 2.45) is 0 Å². The van der Waals surface area contributed by atoms with Crippen molar-refractivity contribution in [1.82, 2.24) is 25.2 Å². The average molecular weight is 607 g/mol. The number of hydrogen-bond acceptors (Lipinski definition) is 8. The molecular weight excluding hydrogens is 569 g/mol. The number of nitrogens with zero attached hydrogens (tertiary/aromatic N) is 5. The summed E-state index contributed by atoms with van der Waals surface area (Å²) in [6.07, 6.45) is 1.43. The first-order chi connectivity index (χ1) is 23.6. The standard InChI is InChI=1S/C33H31F3N6O2/c1-2-23-26(35)7-4-18-10-22(43)11-24(27(18)23)29-28(36)30-25(14-38-29)31(42-16-20-5-6-21(42)13-37-20)40-32(39-30)44-17-33-8-3-9-41(33)15-19(34)12-33/h1,4,7,10-11,14,19-21,37,43H,3,5-6,8-9,12-13,15-17H2/t19-,20?,21?,33+/m0/s1/i1D,9D2,17D2,19D. The summed E-state index contributed by atoms with van der Waals surface area (Å²) in [5.74, 6) is 0.593. The van der Waals surface area contributed by atoms with Crippen molar-refractivity contribution in [3.63, 3.8) is 0 Å². The van der Waals surface area contributed by atoms with E-state index in [4.69, 9.17) is 13.0 Å². The van der Waals surface area contributed by atoms with Crippen LogP contribution in [0.1, 0.15) is 45.9 Å². The summed E-state index contributed by atoms with van der Waals surface area (Å²) in [6.45, 7) is -4.46. The Balaban J connectivity index is 1.32. The molecule has 2 aromatic heterocycles. The highest BCUT2D eigenvalue weighted by Gasteiger charge is 2.49. The molecule has 2 aromatic carbocycles. The highest BCUT2D eigenvalue weighted by molar-refractivity contribution is 6.03. The van der Waals surface area contributed by atoms with E-state index in [1.165, 1.54) is 24.4 Å². The minimum absolute atomic E-state index is 0.0285. The van der Waals surface area contributed by atoms with Crippen molar-refractivity contribution in [2.45, 2.75) is 55.9 Å². The number of phenols is 1. The van der Waals surface area contributed by atoms with Crippen molar-refractivity contribution >= 4 is 27.5 Å². The molecule has 0 amide bonds. The number of aromatic hydroxyl groups is 1. The number of piperazine rings is 1. The Morgan fingerprint density at radius 3 is 3.00 bits per heavy atom. The van der Waals surface area contributed by atoms with Crippen molar-refractivity contribution in [3.8, 4) is 35.3 Å². The number of terminal acetylenes is 1. The van der Waals surface area contributed by atoms with Crippen molar-refractivity contribution in [2.75, 3.05) is 37.6 Å². The third kappa shape index (κ3) is 4.26. The first-order valence-electron chi connectivity index (χ1n) is 17.5. The summed E-state index contributed by atoms with van der Waals surface area (Å²) in [5, 5.41) is 14.6. The van der Waals surface area contributed by atoms with Gasteiger partial charge in [-0.05, 0) is 55.8 Å². The van der Waals surface area contributed by atoms with Gasteiger partial charge in [0.05, 0.1) is 20.6 Å². The second-order valence-corrected chi connectivity index (χ2v) is 11.8. The summed E-state index contributed by atoms with van der Waals surface area (Å²) in [5.41, 5.74) is -2.75. The van der Waals surface area contributed by atoms with Crippen LogP contribution in [-0.4, -0.2) is 81.4 Å². The number of pyridine rings is 1. The largest absolute Gasteiger partial charge is 0.508 e. The van der Waals surface area contributed by atoms with Crippen LogP contribution in [0.2, 0.25) is 0 Å². The predicted octanol–water partition coefficient (Wildman–Crippen LogP) is 4.71. The lowest BCUT2D eigenvalue weighted by Crippen LogP contribution is -2.61. The van der Waals surface area contributed by atoms with Gasteiger partial charge in [-0.1, -0.05) is 12.0 Å². The highest BCUT2D eigenvalue weighted by Crippen LogP contribution is 2.42. The number of piperidine rings is 2. The molecule has 4 atom stereocenters. The number of anilines is 1. The molecule has 226 valence electrons. The molecular formula is C33H31F3N6O2. The minimum Gasteiger partial charge on any atom is -0.508 e. The molecule has 5 aliphatic heterocycles. The SMILES string of the molecule is [2H]C#Cc1c(F)ccc2cc(O)cc(-c3ncc4c(N5CC6CCC5CN6)nc(OC([2H])([2H])[C@]56CCC([2H])([2H])N5C[C@@]([2H])(F)C6)nc4c3F)c12. The van der Waals surface area contributed by atoms with Gasteiger partial charge in [0.15, 0.2) is 5.82 Å². The number of nitrogens with one attached hydrogen (secondary N) is 1. The van der Waals surface area contributed by atoms with E-state index < -0.39 is 55.4 Å². The van der Waals surface area contributed by atoms with Gasteiger partial charge in [0, 0.05) is 58.0 Å². The van der Waals surface area contributed by atoms with E-state index in [2.05, 4.69) is 26.2 Å². The molecule has 0 aliphatic carbocycles. The smallest absolute Gasteiger partial charge is 0.319 e.